The maximum absolute atomic E-state index is 14.5. The lowest BCUT2D eigenvalue weighted by Gasteiger charge is -2.27. The van der Waals surface area contributed by atoms with Crippen molar-refractivity contribution < 1.29 is 17.2 Å². The Morgan fingerprint density at radius 2 is 1.88 bits per heavy atom. The van der Waals surface area contributed by atoms with E-state index in [0.29, 0.717) is 42.6 Å². The van der Waals surface area contributed by atoms with E-state index in [1.807, 2.05) is 12.1 Å². The van der Waals surface area contributed by atoms with E-state index in [2.05, 4.69) is 14.7 Å². The van der Waals surface area contributed by atoms with Crippen LogP contribution in [0.15, 0.2) is 47.3 Å². The fraction of sp³-hybridized carbons (Fsp3) is 0.364. The summed E-state index contributed by atoms with van der Waals surface area (Å²) in [5.74, 6) is -0.807. The molecular formula is C22H24F2N4O3S. The molecule has 0 spiro atoms. The Morgan fingerprint density at radius 3 is 2.62 bits per heavy atom. The van der Waals surface area contributed by atoms with Gasteiger partial charge < -0.3 is 4.90 Å². The normalized spacial score (nSPS) is 17.1. The highest BCUT2D eigenvalue weighted by molar-refractivity contribution is 7.70. The lowest BCUT2D eigenvalue weighted by Crippen LogP contribution is -2.33. The molecule has 0 unspecified atom stereocenters. The number of fused-ring (bicyclic) bond motifs is 1. The van der Waals surface area contributed by atoms with Crippen LogP contribution in [-0.2, 0) is 10.9 Å². The SMILES string of the molecule is O=c1c2ccccc2c(N2CCCC[C@H](CCN[SH](=O)=O)C2)nn1-c1ccc(F)cc1F. The highest BCUT2D eigenvalue weighted by Gasteiger charge is 2.23. The zero-order valence-corrected chi connectivity index (χ0v) is 18.2. The van der Waals surface area contributed by atoms with Gasteiger partial charge in [-0.1, -0.05) is 24.6 Å². The van der Waals surface area contributed by atoms with Crippen LogP contribution in [0.3, 0.4) is 0 Å². The van der Waals surface area contributed by atoms with Crippen LogP contribution in [0.2, 0.25) is 0 Å². The van der Waals surface area contributed by atoms with Gasteiger partial charge in [-0.05, 0) is 43.4 Å². The molecule has 2 aromatic carbocycles. The van der Waals surface area contributed by atoms with E-state index < -0.39 is 28.1 Å². The summed E-state index contributed by atoms with van der Waals surface area (Å²) in [5.41, 5.74) is -0.595. The van der Waals surface area contributed by atoms with E-state index in [4.69, 9.17) is 0 Å². The molecule has 0 bridgehead atoms. The highest BCUT2D eigenvalue weighted by atomic mass is 32.2. The van der Waals surface area contributed by atoms with Crippen LogP contribution in [0.5, 0.6) is 0 Å². The maximum Gasteiger partial charge on any atom is 0.279 e. The molecule has 1 aromatic heterocycles. The minimum absolute atomic E-state index is 0.113. The maximum atomic E-state index is 14.5. The van der Waals surface area contributed by atoms with Crippen molar-refractivity contribution in [3.63, 3.8) is 0 Å². The number of nitrogens with zero attached hydrogens (tertiary/aromatic N) is 3. The van der Waals surface area contributed by atoms with Gasteiger partial charge in [0.15, 0.2) is 11.6 Å². The number of anilines is 1. The Kier molecular flexibility index (Phi) is 6.80. The third-order valence-electron chi connectivity index (χ3n) is 5.79. The molecule has 0 radical (unpaired) electrons. The Morgan fingerprint density at radius 1 is 1.09 bits per heavy atom. The first-order chi connectivity index (χ1) is 15.4. The number of halogens is 2. The summed E-state index contributed by atoms with van der Waals surface area (Å²) in [5, 5.41) is 5.58. The lowest BCUT2D eigenvalue weighted by molar-refractivity contribution is 0.459. The average molecular weight is 463 g/mol. The molecule has 1 aliphatic rings. The topological polar surface area (TPSA) is 84.3 Å². The molecule has 1 fully saturated rings. The summed E-state index contributed by atoms with van der Waals surface area (Å²) in [4.78, 5) is 15.2. The van der Waals surface area contributed by atoms with Gasteiger partial charge in [0.05, 0.1) is 5.39 Å². The molecule has 7 nitrogen and oxygen atoms in total. The van der Waals surface area contributed by atoms with Gasteiger partial charge in [0.2, 0.25) is 10.9 Å². The summed E-state index contributed by atoms with van der Waals surface area (Å²) in [6.07, 6.45) is 3.55. The van der Waals surface area contributed by atoms with E-state index in [1.54, 1.807) is 12.1 Å². The summed E-state index contributed by atoms with van der Waals surface area (Å²) < 4.78 is 53.0. The molecule has 170 valence electrons. The van der Waals surface area contributed by atoms with E-state index in [0.717, 1.165) is 36.1 Å². The van der Waals surface area contributed by atoms with Crippen molar-refractivity contribution in [2.24, 2.45) is 5.92 Å². The second-order valence-corrected chi connectivity index (χ2v) is 8.77. The quantitative estimate of drug-likeness (QED) is 0.551. The number of hydrogen-bond donors (Lipinski definition) is 2. The summed E-state index contributed by atoms with van der Waals surface area (Å²) in [6, 6.07) is 10.1. The monoisotopic (exact) mass is 462 g/mol. The van der Waals surface area contributed by atoms with Crippen molar-refractivity contribution in [3.05, 3.63) is 64.5 Å². The zero-order chi connectivity index (χ0) is 22.7. The van der Waals surface area contributed by atoms with E-state index in [-0.39, 0.29) is 11.6 Å². The molecule has 1 N–H and O–H groups in total. The van der Waals surface area contributed by atoms with Crippen LogP contribution in [-0.4, -0.2) is 37.8 Å². The second-order valence-electron chi connectivity index (χ2n) is 7.94. The second kappa shape index (κ2) is 9.74. The van der Waals surface area contributed by atoms with Crippen LogP contribution >= 0.6 is 0 Å². The van der Waals surface area contributed by atoms with Crippen LogP contribution in [0, 0.1) is 17.6 Å². The Hall–Kier alpha value is -2.85. The minimum atomic E-state index is -2.63. The van der Waals surface area contributed by atoms with Crippen molar-refractivity contribution in [2.75, 3.05) is 24.5 Å². The number of hydrogen-bond acceptors (Lipinski definition) is 5. The molecule has 1 saturated heterocycles. The first-order valence-corrected chi connectivity index (χ1v) is 11.7. The first kappa shape index (κ1) is 22.3. The van der Waals surface area contributed by atoms with Gasteiger partial charge in [-0.25, -0.2) is 21.9 Å². The molecule has 2 heterocycles. The van der Waals surface area contributed by atoms with E-state index in [1.165, 1.54) is 6.07 Å². The van der Waals surface area contributed by atoms with Gasteiger partial charge in [0.1, 0.15) is 11.5 Å². The molecule has 0 aliphatic carbocycles. The van der Waals surface area contributed by atoms with Gasteiger partial charge >= 0.3 is 0 Å². The molecule has 4 rings (SSSR count). The van der Waals surface area contributed by atoms with Gasteiger partial charge in [-0.3, -0.25) is 4.79 Å². The number of nitrogens with one attached hydrogen (secondary N) is 1. The molecule has 32 heavy (non-hydrogen) atoms. The average Bonchev–Trinajstić information content (AvgIpc) is 3.00. The van der Waals surface area contributed by atoms with Crippen LogP contribution in [0.25, 0.3) is 16.5 Å². The summed E-state index contributed by atoms with van der Waals surface area (Å²) in [6.45, 7) is 1.71. The number of aromatic nitrogens is 2. The summed E-state index contributed by atoms with van der Waals surface area (Å²) in [7, 11) is -2.63. The van der Waals surface area contributed by atoms with Crippen LogP contribution < -0.4 is 15.2 Å². The van der Waals surface area contributed by atoms with E-state index in [9.17, 15) is 22.0 Å². The van der Waals surface area contributed by atoms with Crippen molar-refractivity contribution in [3.8, 4) is 5.69 Å². The predicted octanol–water partition coefficient (Wildman–Crippen LogP) is 2.78. The van der Waals surface area contributed by atoms with Gasteiger partial charge in [0.25, 0.3) is 5.56 Å². The fourth-order valence-corrected chi connectivity index (χ4v) is 4.55. The Balaban J connectivity index is 1.77. The number of rotatable bonds is 6. The third-order valence-corrected chi connectivity index (χ3v) is 6.27. The Bertz CT molecular complexity index is 1250. The minimum Gasteiger partial charge on any atom is -0.354 e. The van der Waals surface area contributed by atoms with E-state index >= 15 is 0 Å². The third kappa shape index (κ3) is 4.81. The van der Waals surface area contributed by atoms with Crippen molar-refractivity contribution >= 4 is 27.5 Å². The predicted molar refractivity (Wildman–Crippen MR) is 120 cm³/mol. The van der Waals surface area contributed by atoms with Crippen LogP contribution in [0.1, 0.15) is 25.7 Å². The smallest absolute Gasteiger partial charge is 0.279 e. The molecule has 1 aliphatic heterocycles. The molecule has 0 saturated carbocycles. The molecule has 1 atom stereocenters. The highest BCUT2D eigenvalue weighted by Crippen LogP contribution is 2.28. The van der Waals surface area contributed by atoms with Crippen LogP contribution in [0.4, 0.5) is 14.6 Å². The number of benzene rings is 2. The first-order valence-electron chi connectivity index (χ1n) is 10.5. The molecule has 0 amide bonds. The zero-order valence-electron chi connectivity index (χ0n) is 17.3. The molecule has 3 aromatic rings. The lowest BCUT2D eigenvalue weighted by atomic mass is 10.00. The molecular weight excluding hydrogens is 438 g/mol. The van der Waals surface area contributed by atoms with Gasteiger partial charge in [-0.2, -0.15) is 4.68 Å². The number of thiol groups is 1. The largest absolute Gasteiger partial charge is 0.354 e. The van der Waals surface area contributed by atoms with Crippen molar-refractivity contribution in [1.82, 2.24) is 14.5 Å². The fourth-order valence-electron chi connectivity index (χ4n) is 4.24. The summed E-state index contributed by atoms with van der Waals surface area (Å²) >= 11 is 0. The Labute approximate surface area is 185 Å². The molecule has 10 heteroatoms. The van der Waals surface area contributed by atoms with Gasteiger partial charge in [0, 0.05) is 31.1 Å². The van der Waals surface area contributed by atoms with Gasteiger partial charge in [-0.15, -0.1) is 5.10 Å². The standard InChI is InChI=1S/C22H24F2N4O3S/c23-16-8-9-20(19(24)13-16)28-22(29)18-7-2-1-6-17(18)21(26-28)27-12-4-3-5-15(14-27)10-11-25-32(30)31/h1-2,6-9,13,15,32H,3-5,10-12,14H2,(H,25,30,31)/t15-/m1/s1. The van der Waals surface area contributed by atoms with Crippen molar-refractivity contribution in [2.45, 2.75) is 25.7 Å². The van der Waals surface area contributed by atoms with Crippen molar-refractivity contribution in [1.29, 1.82) is 0 Å².